The van der Waals surface area contributed by atoms with Crippen molar-refractivity contribution in [1.29, 1.82) is 0 Å². The lowest BCUT2D eigenvalue weighted by molar-refractivity contribution is 0.317. The number of rotatable bonds is 0. The SMILES string of the molecule is C/C(N=NN)=N/O. The third kappa shape index (κ3) is 2.68. The molecule has 5 heteroatoms. The fraction of sp³-hybridized carbons (Fsp3) is 0.500. The van der Waals surface area contributed by atoms with Gasteiger partial charge >= 0.3 is 0 Å². The van der Waals surface area contributed by atoms with E-state index in [1.54, 1.807) is 0 Å². The number of nitrogens with zero attached hydrogens (tertiary/aromatic N) is 3. The smallest absolute Gasteiger partial charge is 0.188 e. The van der Waals surface area contributed by atoms with Crippen molar-refractivity contribution >= 4 is 5.84 Å². The summed E-state index contributed by atoms with van der Waals surface area (Å²) < 4.78 is 0. The maximum Gasteiger partial charge on any atom is 0.188 e. The molecule has 0 aliphatic rings. The standard InChI is InChI=1S/C2H6N4O/c1-2(5-7)4-6-3/h7H,1H3,(H2,3,4,5). The first-order chi connectivity index (χ1) is 3.31. The van der Waals surface area contributed by atoms with E-state index in [2.05, 4.69) is 21.3 Å². The van der Waals surface area contributed by atoms with Gasteiger partial charge in [-0.1, -0.05) is 10.4 Å². The van der Waals surface area contributed by atoms with Crippen molar-refractivity contribution in [2.75, 3.05) is 0 Å². The van der Waals surface area contributed by atoms with E-state index in [-0.39, 0.29) is 5.84 Å². The van der Waals surface area contributed by atoms with Crippen molar-refractivity contribution in [1.82, 2.24) is 0 Å². The number of hydrogen-bond acceptors (Lipinski definition) is 3. The first-order valence-electron chi connectivity index (χ1n) is 1.61. The molecule has 0 aromatic carbocycles. The molecule has 0 rings (SSSR count). The molecule has 0 fully saturated rings. The van der Waals surface area contributed by atoms with Crippen molar-refractivity contribution in [3.63, 3.8) is 0 Å². The van der Waals surface area contributed by atoms with Gasteiger partial charge in [-0.2, -0.15) is 0 Å². The Kier molecular flexibility index (Phi) is 2.58. The highest BCUT2D eigenvalue weighted by molar-refractivity contribution is 5.78. The molecule has 0 aromatic rings. The summed E-state index contributed by atoms with van der Waals surface area (Å²) in [5.74, 6) is 4.71. The molecule has 0 spiro atoms. The summed E-state index contributed by atoms with van der Waals surface area (Å²) >= 11 is 0. The molecule has 0 radical (unpaired) electrons. The van der Waals surface area contributed by atoms with Crippen LogP contribution in [0.15, 0.2) is 15.5 Å². The zero-order chi connectivity index (χ0) is 5.70. The summed E-state index contributed by atoms with van der Waals surface area (Å²) in [4.78, 5) is 0. The Morgan fingerprint density at radius 2 is 2.29 bits per heavy atom. The molecular weight excluding hydrogens is 96.0 g/mol. The van der Waals surface area contributed by atoms with Gasteiger partial charge in [0.05, 0.1) is 0 Å². The normalized spacial score (nSPS) is 13.0. The van der Waals surface area contributed by atoms with Crippen molar-refractivity contribution in [2.45, 2.75) is 6.92 Å². The Morgan fingerprint density at radius 3 is 2.43 bits per heavy atom. The topological polar surface area (TPSA) is 83.3 Å². The Labute approximate surface area is 40.5 Å². The monoisotopic (exact) mass is 102 g/mol. The minimum absolute atomic E-state index is 0.141. The van der Waals surface area contributed by atoms with E-state index in [0.29, 0.717) is 0 Å². The largest absolute Gasteiger partial charge is 0.409 e. The van der Waals surface area contributed by atoms with Crippen molar-refractivity contribution < 1.29 is 5.21 Å². The molecular formula is C2H6N4O. The minimum Gasteiger partial charge on any atom is -0.409 e. The van der Waals surface area contributed by atoms with E-state index in [9.17, 15) is 0 Å². The van der Waals surface area contributed by atoms with Crippen molar-refractivity contribution in [3.8, 4) is 0 Å². The molecule has 3 N–H and O–H groups in total. The first-order valence-corrected chi connectivity index (χ1v) is 1.61. The van der Waals surface area contributed by atoms with Gasteiger partial charge in [0, 0.05) is 6.92 Å². The number of hydrogen-bond donors (Lipinski definition) is 2. The number of oxime groups is 1. The molecule has 0 atom stereocenters. The van der Waals surface area contributed by atoms with E-state index in [0.717, 1.165) is 0 Å². The zero-order valence-corrected chi connectivity index (χ0v) is 3.87. The number of nitrogens with two attached hydrogens (primary N) is 1. The molecule has 0 saturated carbocycles. The van der Waals surface area contributed by atoms with Crippen LogP contribution in [-0.4, -0.2) is 11.0 Å². The lowest BCUT2D eigenvalue weighted by Gasteiger charge is -1.77. The minimum atomic E-state index is 0.141. The Balaban J connectivity index is 3.58. The number of amidine groups is 1. The third-order valence-electron chi connectivity index (χ3n) is 0.347. The van der Waals surface area contributed by atoms with Crippen LogP contribution in [0.5, 0.6) is 0 Å². The third-order valence-corrected chi connectivity index (χ3v) is 0.347. The van der Waals surface area contributed by atoms with Crippen LogP contribution in [0.3, 0.4) is 0 Å². The Hall–Kier alpha value is -1.13. The van der Waals surface area contributed by atoms with Gasteiger partial charge in [-0.3, -0.25) is 0 Å². The van der Waals surface area contributed by atoms with Crippen LogP contribution in [0.25, 0.3) is 0 Å². The van der Waals surface area contributed by atoms with Crippen LogP contribution < -0.4 is 5.84 Å². The van der Waals surface area contributed by atoms with E-state index < -0.39 is 0 Å². The second-order valence-corrected chi connectivity index (χ2v) is 0.863. The van der Waals surface area contributed by atoms with Crippen LogP contribution in [-0.2, 0) is 0 Å². The van der Waals surface area contributed by atoms with Crippen molar-refractivity contribution in [2.24, 2.45) is 21.3 Å². The molecule has 0 aromatic heterocycles. The molecule has 0 aliphatic heterocycles. The zero-order valence-electron chi connectivity index (χ0n) is 3.87. The van der Waals surface area contributed by atoms with Gasteiger partial charge in [0.15, 0.2) is 5.84 Å². The summed E-state index contributed by atoms with van der Waals surface area (Å²) in [6.07, 6.45) is 0. The van der Waals surface area contributed by atoms with E-state index in [4.69, 9.17) is 5.21 Å². The van der Waals surface area contributed by atoms with Gasteiger partial charge in [-0.25, -0.2) is 0 Å². The summed E-state index contributed by atoms with van der Waals surface area (Å²) in [5, 5.41) is 16.5. The van der Waals surface area contributed by atoms with Gasteiger partial charge in [-0.05, 0) is 0 Å². The van der Waals surface area contributed by atoms with E-state index >= 15 is 0 Å². The summed E-state index contributed by atoms with van der Waals surface area (Å²) in [6, 6.07) is 0. The van der Waals surface area contributed by atoms with Crippen molar-refractivity contribution in [3.05, 3.63) is 0 Å². The maximum absolute atomic E-state index is 7.84. The predicted molar refractivity (Wildman–Crippen MR) is 23.9 cm³/mol. The second kappa shape index (κ2) is 3.08. The lowest BCUT2D eigenvalue weighted by Crippen LogP contribution is -1.84. The maximum atomic E-state index is 7.84. The molecule has 0 saturated heterocycles. The molecule has 7 heavy (non-hydrogen) atoms. The van der Waals surface area contributed by atoms with Crippen LogP contribution in [0.2, 0.25) is 0 Å². The molecule has 0 heterocycles. The van der Waals surface area contributed by atoms with Crippen LogP contribution in [0.4, 0.5) is 0 Å². The average Bonchev–Trinajstić information content (AvgIpc) is 1.68. The van der Waals surface area contributed by atoms with Gasteiger partial charge in [-0.15, -0.1) is 5.11 Å². The van der Waals surface area contributed by atoms with Gasteiger partial charge in [0.25, 0.3) is 0 Å². The lowest BCUT2D eigenvalue weighted by atomic mass is 10.7. The molecule has 0 bridgehead atoms. The Bertz CT molecular complexity index is 95.9. The van der Waals surface area contributed by atoms with Gasteiger partial charge in [0.1, 0.15) is 0 Å². The van der Waals surface area contributed by atoms with Gasteiger partial charge < -0.3 is 11.0 Å². The second-order valence-electron chi connectivity index (χ2n) is 0.863. The quantitative estimate of drug-likeness (QED) is 0.114. The molecule has 0 amide bonds. The highest BCUT2D eigenvalue weighted by atomic mass is 16.4. The van der Waals surface area contributed by atoms with Crippen LogP contribution in [0, 0.1) is 0 Å². The fourth-order valence-electron chi connectivity index (χ4n) is 0.104. The average molecular weight is 102 g/mol. The van der Waals surface area contributed by atoms with Crippen LogP contribution >= 0.6 is 0 Å². The van der Waals surface area contributed by atoms with Crippen LogP contribution in [0.1, 0.15) is 6.92 Å². The summed E-state index contributed by atoms with van der Waals surface area (Å²) in [5.41, 5.74) is 0. The highest BCUT2D eigenvalue weighted by Crippen LogP contribution is 1.73. The summed E-state index contributed by atoms with van der Waals surface area (Å²) in [7, 11) is 0. The first kappa shape index (κ1) is 5.87. The van der Waals surface area contributed by atoms with E-state index in [1.165, 1.54) is 6.92 Å². The molecule has 40 valence electrons. The predicted octanol–water partition coefficient (Wildman–Crippen LogP) is 0.120. The molecule has 0 aliphatic carbocycles. The molecule has 5 nitrogen and oxygen atoms in total. The highest BCUT2D eigenvalue weighted by Gasteiger charge is 1.77. The Morgan fingerprint density at radius 1 is 1.71 bits per heavy atom. The van der Waals surface area contributed by atoms with Gasteiger partial charge in [0.2, 0.25) is 0 Å². The van der Waals surface area contributed by atoms with E-state index in [1.807, 2.05) is 0 Å². The fourth-order valence-corrected chi connectivity index (χ4v) is 0.104. The summed E-state index contributed by atoms with van der Waals surface area (Å²) in [6.45, 7) is 1.47. The molecule has 0 unspecified atom stereocenters.